The van der Waals surface area contributed by atoms with Gasteiger partial charge in [0.15, 0.2) is 0 Å². The number of hydrogen-bond acceptors (Lipinski definition) is 2. The van der Waals surface area contributed by atoms with E-state index in [0.717, 1.165) is 38.2 Å². The van der Waals surface area contributed by atoms with E-state index in [2.05, 4.69) is 0 Å². The van der Waals surface area contributed by atoms with Crippen LogP contribution in [0.25, 0.3) is 0 Å². The molecule has 0 aromatic heterocycles. The Hall–Kier alpha value is -1.86. The summed E-state index contributed by atoms with van der Waals surface area (Å²) < 4.78 is 73.8. The smallest absolute Gasteiger partial charge is 0.416 e. The maximum atomic E-state index is 14.6. The van der Waals surface area contributed by atoms with Gasteiger partial charge in [0.05, 0.1) is 17.7 Å². The third kappa shape index (κ3) is 6.18. The number of alkyl halides is 3. The van der Waals surface area contributed by atoms with Crippen molar-refractivity contribution in [1.82, 2.24) is 0 Å². The van der Waals surface area contributed by atoms with Crippen LogP contribution in [0.2, 0.25) is 5.02 Å². The first-order chi connectivity index (χ1) is 15.4. The fraction of sp³-hybridized carbons (Fsp3) is 0.520. The van der Waals surface area contributed by atoms with Gasteiger partial charge in [-0.1, -0.05) is 44.2 Å². The molecule has 2 aromatic rings. The molecule has 2 N–H and O–H groups in total. The van der Waals surface area contributed by atoms with E-state index in [4.69, 9.17) is 22.1 Å². The fourth-order valence-corrected chi connectivity index (χ4v) is 5.44. The minimum Gasteiger partial charge on any atom is -0.496 e. The van der Waals surface area contributed by atoms with E-state index in [-0.39, 0.29) is 12.0 Å². The lowest BCUT2D eigenvalue weighted by Crippen LogP contribution is -2.36. The van der Waals surface area contributed by atoms with Crippen molar-refractivity contribution < 1.29 is 26.7 Å². The second-order valence-corrected chi connectivity index (χ2v) is 9.76. The fourth-order valence-electron chi connectivity index (χ4n) is 5.20. The van der Waals surface area contributed by atoms with Crippen LogP contribution < -0.4 is 10.5 Å². The molecule has 0 radical (unpaired) electrons. The standard InChI is InChI=1S/C25H29ClF5NO/c1-24(13-15-5-3-4-6-15,20-12-18(27)7-8-22(20)33-2)14-19(32)10-16-9-17(25(29,30)31)11-21(26)23(16)28/h7-9,11-12,15,19H,3-6,10,13-14,32H2,1-2H3. The molecule has 2 atom stereocenters. The second kappa shape index (κ2) is 10.2. The molecule has 3 rings (SSSR count). The van der Waals surface area contributed by atoms with Gasteiger partial charge >= 0.3 is 6.18 Å². The van der Waals surface area contributed by atoms with Crippen molar-refractivity contribution in [2.75, 3.05) is 7.11 Å². The topological polar surface area (TPSA) is 35.2 Å². The maximum absolute atomic E-state index is 14.6. The molecule has 1 aliphatic carbocycles. The molecule has 33 heavy (non-hydrogen) atoms. The van der Waals surface area contributed by atoms with Gasteiger partial charge in [0.2, 0.25) is 0 Å². The Kier molecular flexibility index (Phi) is 7.95. The first-order valence-corrected chi connectivity index (χ1v) is 11.5. The Morgan fingerprint density at radius 1 is 1.12 bits per heavy atom. The van der Waals surface area contributed by atoms with Crippen molar-refractivity contribution in [1.29, 1.82) is 0 Å². The second-order valence-electron chi connectivity index (χ2n) is 9.36. The summed E-state index contributed by atoms with van der Waals surface area (Å²) in [7, 11) is 1.51. The molecule has 2 nitrogen and oxygen atoms in total. The van der Waals surface area contributed by atoms with Gasteiger partial charge in [0, 0.05) is 11.6 Å². The van der Waals surface area contributed by atoms with Gasteiger partial charge in [-0.3, -0.25) is 0 Å². The van der Waals surface area contributed by atoms with E-state index in [0.29, 0.717) is 29.7 Å². The number of hydrogen-bond donors (Lipinski definition) is 1. The van der Waals surface area contributed by atoms with Crippen molar-refractivity contribution in [3.8, 4) is 5.75 Å². The Morgan fingerprint density at radius 2 is 1.79 bits per heavy atom. The third-order valence-electron chi connectivity index (χ3n) is 6.65. The molecule has 0 saturated heterocycles. The molecular weight excluding hydrogens is 461 g/mol. The zero-order chi connectivity index (χ0) is 24.4. The average Bonchev–Trinajstić information content (AvgIpc) is 3.23. The van der Waals surface area contributed by atoms with Gasteiger partial charge in [0.25, 0.3) is 0 Å². The quantitative estimate of drug-likeness (QED) is 0.391. The van der Waals surface area contributed by atoms with Crippen LogP contribution in [0.15, 0.2) is 30.3 Å². The molecule has 0 spiro atoms. The van der Waals surface area contributed by atoms with E-state index in [1.165, 1.54) is 19.2 Å². The highest BCUT2D eigenvalue weighted by Crippen LogP contribution is 2.44. The number of benzene rings is 2. The summed E-state index contributed by atoms with van der Waals surface area (Å²) in [5, 5.41) is -0.590. The predicted octanol–water partition coefficient (Wildman–Crippen LogP) is 7.44. The van der Waals surface area contributed by atoms with E-state index >= 15 is 0 Å². The average molecular weight is 490 g/mol. The number of ether oxygens (including phenoxy) is 1. The number of nitrogens with two attached hydrogens (primary N) is 1. The Labute approximate surface area is 196 Å². The van der Waals surface area contributed by atoms with Crippen LogP contribution in [0.3, 0.4) is 0 Å². The summed E-state index contributed by atoms with van der Waals surface area (Å²) >= 11 is 5.73. The molecule has 0 aliphatic heterocycles. The van der Waals surface area contributed by atoms with Crippen molar-refractivity contribution >= 4 is 11.6 Å². The highest BCUT2D eigenvalue weighted by atomic mass is 35.5. The molecule has 2 unspecified atom stereocenters. The largest absolute Gasteiger partial charge is 0.496 e. The highest BCUT2D eigenvalue weighted by molar-refractivity contribution is 6.30. The third-order valence-corrected chi connectivity index (χ3v) is 6.93. The minimum atomic E-state index is -4.65. The lowest BCUT2D eigenvalue weighted by molar-refractivity contribution is -0.137. The van der Waals surface area contributed by atoms with Gasteiger partial charge in [-0.25, -0.2) is 8.78 Å². The van der Waals surface area contributed by atoms with E-state index in [9.17, 15) is 22.0 Å². The monoisotopic (exact) mass is 489 g/mol. The van der Waals surface area contributed by atoms with Crippen LogP contribution in [0.5, 0.6) is 5.75 Å². The van der Waals surface area contributed by atoms with Gasteiger partial charge in [-0.05, 0) is 66.5 Å². The molecule has 0 amide bonds. The number of methoxy groups -OCH3 is 1. The number of rotatable bonds is 8. The van der Waals surface area contributed by atoms with Gasteiger partial charge < -0.3 is 10.5 Å². The van der Waals surface area contributed by atoms with Gasteiger partial charge in [-0.2, -0.15) is 13.2 Å². The zero-order valence-electron chi connectivity index (χ0n) is 18.7. The molecule has 8 heteroatoms. The lowest BCUT2D eigenvalue weighted by Gasteiger charge is -2.36. The molecule has 0 heterocycles. The van der Waals surface area contributed by atoms with E-state index < -0.39 is 39.9 Å². The SMILES string of the molecule is COc1ccc(F)cc1C(C)(CC(N)Cc1cc(C(F)(F)F)cc(Cl)c1F)CC1CCCC1. The normalized spacial score (nSPS) is 17.7. The van der Waals surface area contributed by atoms with Gasteiger partial charge in [-0.15, -0.1) is 0 Å². The molecule has 182 valence electrons. The Bertz CT molecular complexity index is 974. The van der Waals surface area contributed by atoms with Crippen LogP contribution in [0.1, 0.15) is 62.1 Å². The first-order valence-electron chi connectivity index (χ1n) is 11.1. The summed E-state index contributed by atoms with van der Waals surface area (Å²) in [5.41, 5.74) is 5.24. The molecule has 1 aliphatic rings. The summed E-state index contributed by atoms with van der Waals surface area (Å²) in [6.07, 6.45) is 0.626. The van der Waals surface area contributed by atoms with Crippen molar-refractivity contribution in [2.24, 2.45) is 11.7 Å². The van der Waals surface area contributed by atoms with Gasteiger partial charge in [0.1, 0.15) is 17.4 Å². The van der Waals surface area contributed by atoms with Crippen LogP contribution in [0, 0.1) is 17.6 Å². The van der Waals surface area contributed by atoms with Crippen LogP contribution >= 0.6 is 11.6 Å². The molecular formula is C25H29ClF5NO. The first kappa shape index (κ1) is 25.8. The Morgan fingerprint density at radius 3 is 2.39 bits per heavy atom. The predicted molar refractivity (Wildman–Crippen MR) is 120 cm³/mol. The van der Waals surface area contributed by atoms with Crippen LogP contribution in [-0.2, 0) is 18.0 Å². The molecule has 2 aromatic carbocycles. The summed E-state index contributed by atoms with van der Waals surface area (Å²) in [4.78, 5) is 0. The summed E-state index contributed by atoms with van der Waals surface area (Å²) in [6, 6.07) is 4.97. The molecule has 1 fully saturated rings. The summed E-state index contributed by atoms with van der Waals surface area (Å²) in [6.45, 7) is 1.97. The minimum absolute atomic E-state index is 0.132. The zero-order valence-corrected chi connectivity index (χ0v) is 19.5. The molecule has 0 bridgehead atoms. The summed E-state index contributed by atoms with van der Waals surface area (Å²) in [5.74, 6) is -0.360. The van der Waals surface area contributed by atoms with Crippen molar-refractivity contribution in [3.05, 3.63) is 63.7 Å². The van der Waals surface area contributed by atoms with E-state index in [1.54, 1.807) is 6.07 Å². The lowest BCUT2D eigenvalue weighted by atomic mass is 9.70. The maximum Gasteiger partial charge on any atom is 0.416 e. The highest BCUT2D eigenvalue weighted by Gasteiger charge is 2.37. The molecule has 1 saturated carbocycles. The van der Waals surface area contributed by atoms with Crippen molar-refractivity contribution in [3.63, 3.8) is 0 Å². The van der Waals surface area contributed by atoms with Crippen LogP contribution in [0.4, 0.5) is 22.0 Å². The number of halogens is 6. The van der Waals surface area contributed by atoms with Crippen molar-refractivity contribution in [2.45, 2.75) is 69.5 Å². The Balaban J connectivity index is 1.92. The van der Waals surface area contributed by atoms with Crippen LogP contribution in [-0.4, -0.2) is 13.2 Å². The van der Waals surface area contributed by atoms with E-state index in [1.807, 2.05) is 6.92 Å².